The molecule has 0 unspecified atom stereocenters. The van der Waals surface area contributed by atoms with Crippen molar-refractivity contribution in [2.45, 2.75) is 13.0 Å². The first-order chi connectivity index (χ1) is 9.83. The number of hydrogen-bond acceptors (Lipinski definition) is 3. The van der Waals surface area contributed by atoms with Gasteiger partial charge in [-0.05, 0) is 17.5 Å². The van der Waals surface area contributed by atoms with Gasteiger partial charge in [-0.1, -0.05) is 18.2 Å². The highest BCUT2D eigenvalue weighted by molar-refractivity contribution is 5.78. The van der Waals surface area contributed by atoms with Crippen molar-refractivity contribution >= 4 is 10.9 Å². The lowest BCUT2D eigenvalue weighted by Gasteiger charge is -2.05. The summed E-state index contributed by atoms with van der Waals surface area (Å²) < 4.78 is 0. The van der Waals surface area contributed by atoms with Gasteiger partial charge in [-0.2, -0.15) is 0 Å². The van der Waals surface area contributed by atoms with Gasteiger partial charge in [0.2, 0.25) is 0 Å². The highest BCUT2D eigenvalue weighted by atomic mass is 16.1. The maximum Gasteiger partial charge on any atom is 0.252 e. The molecule has 0 fully saturated rings. The molecule has 0 saturated carbocycles. The van der Waals surface area contributed by atoms with Crippen LogP contribution < -0.4 is 10.9 Å². The lowest BCUT2D eigenvalue weighted by molar-refractivity contribution is 0.677. The Balaban J connectivity index is 1.65. The Kier molecular flexibility index (Phi) is 3.60. The van der Waals surface area contributed by atoms with E-state index in [4.69, 9.17) is 0 Å². The minimum Gasteiger partial charge on any atom is -0.348 e. The highest BCUT2D eigenvalue weighted by Crippen LogP contribution is 2.09. The fraction of sp³-hybridized carbons (Fsp3) is 0.200. The molecule has 5 nitrogen and oxygen atoms in total. The van der Waals surface area contributed by atoms with Crippen molar-refractivity contribution in [2.24, 2.45) is 0 Å². The molecule has 3 N–H and O–H groups in total. The lowest BCUT2D eigenvalue weighted by atomic mass is 10.1. The van der Waals surface area contributed by atoms with Gasteiger partial charge in [0.1, 0.15) is 0 Å². The number of para-hydroxylation sites is 1. The monoisotopic (exact) mass is 268 g/mol. The predicted octanol–water partition coefficient (Wildman–Crippen LogP) is 1.58. The molecule has 0 aliphatic rings. The first-order valence-electron chi connectivity index (χ1n) is 6.62. The average Bonchev–Trinajstić information content (AvgIpc) is 2.97. The van der Waals surface area contributed by atoms with Gasteiger partial charge in [0.25, 0.3) is 5.56 Å². The minimum absolute atomic E-state index is 0.0299. The van der Waals surface area contributed by atoms with Crippen LogP contribution in [0.3, 0.4) is 0 Å². The fourth-order valence-corrected chi connectivity index (χ4v) is 2.19. The Morgan fingerprint density at radius 3 is 3.00 bits per heavy atom. The van der Waals surface area contributed by atoms with Crippen molar-refractivity contribution in [3.8, 4) is 0 Å². The molecule has 0 bridgehead atoms. The van der Waals surface area contributed by atoms with Gasteiger partial charge in [0, 0.05) is 42.5 Å². The summed E-state index contributed by atoms with van der Waals surface area (Å²) in [6.07, 6.45) is 4.35. The first kappa shape index (κ1) is 12.6. The van der Waals surface area contributed by atoms with Crippen molar-refractivity contribution < 1.29 is 0 Å². The number of benzene rings is 1. The van der Waals surface area contributed by atoms with Crippen molar-refractivity contribution in [3.63, 3.8) is 0 Å². The molecule has 2 aromatic heterocycles. The van der Waals surface area contributed by atoms with Gasteiger partial charge in [0.15, 0.2) is 0 Å². The Labute approximate surface area is 116 Å². The Bertz CT molecular complexity index is 746. The molecule has 0 spiro atoms. The van der Waals surface area contributed by atoms with Gasteiger partial charge in [-0.15, -0.1) is 0 Å². The largest absolute Gasteiger partial charge is 0.348 e. The second kappa shape index (κ2) is 5.71. The van der Waals surface area contributed by atoms with Gasteiger partial charge < -0.3 is 15.3 Å². The van der Waals surface area contributed by atoms with Crippen molar-refractivity contribution in [1.82, 2.24) is 20.3 Å². The molecule has 0 aliphatic heterocycles. The summed E-state index contributed by atoms with van der Waals surface area (Å²) in [5, 5.41) is 4.33. The summed E-state index contributed by atoms with van der Waals surface area (Å²) in [4.78, 5) is 21.9. The smallest absolute Gasteiger partial charge is 0.252 e. The SMILES string of the molecule is O=c1[nH]c2ccccc2cc1CNCCc1cnc[nH]1. The number of imidazole rings is 1. The zero-order valence-corrected chi connectivity index (χ0v) is 11.0. The van der Waals surface area contributed by atoms with Crippen LogP contribution in [0, 0.1) is 0 Å². The predicted molar refractivity (Wildman–Crippen MR) is 78.6 cm³/mol. The molecule has 0 radical (unpaired) electrons. The maximum absolute atomic E-state index is 11.9. The van der Waals surface area contributed by atoms with Gasteiger partial charge >= 0.3 is 0 Å². The number of hydrogen-bond donors (Lipinski definition) is 3. The Morgan fingerprint density at radius 2 is 2.15 bits per heavy atom. The van der Waals surface area contributed by atoms with Crippen LogP contribution in [0.2, 0.25) is 0 Å². The van der Waals surface area contributed by atoms with E-state index in [2.05, 4.69) is 20.3 Å². The molecule has 20 heavy (non-hydrogen) atoms. The first-order valence-corrected chi connectivity index (χ1v) is 6.62. The number of rotatable bonds is 5. The zero-order valence-electron chi connectivity index (χ0n) is 11.0. The fourth-order valence-electron chi connectivity index (χ4n) is 2.19. The van der Waals surface area contributed by atoms with Crippen LogP contribution in [0.25, 0.3) is 10.9 Å². The summed E-state index contributed by atoms with van der Waals surface area (Å²) in [6, 6.07) is 9.74. The third-order valence-electron chi connectivity index (χ3n) is 3.27. The van der Waals surface area contributed by atoms with E-state index in [0.717, 1.165) is 35.1 Å². The number of fused-ring (bicyclic) bond motifs is 1. The summed E-state index contributed by atoms with van der Waals surface area (Å²) in [5.41, 5.74) is 2.69. The van der Waals surface area contributed by atoms with Crippen LogP contribution in [0.5, 0.6) is 0 Å². The molecule has 3 aromatic rings. The third kappa shape index (κ3) is 2.78. The van der Waals surface area contributed by atoms with E-state index in [-0.39, 0.29) is 5.56 Å². The molecule has 1 aromatic carbocycles. The van der Waals surface area contributed by atoms with Crippen LogP contribution in [0.1, 0.15) is 11.3 Å². The summed E-state index contributed by atoms with van der Waals surface area (Å²) in [6.45, 7) is 1.36. The van der Waals surface area contributed by atoms with Crippen LogP contribution >= 0.6 is 0 Å². The summed E-state index contributed by atoms with van der Waals surface area (Å²) in [7, 11) is 0. The molecule has 5 heteroatoms. The van der Waals surface area contributed by atoms with Gasteiger partial charge in [-0.3, -0.25) is 4.79 Å². The van der Waals surface area contributed by atoms with E-state index < -0.39 is 0 Å². The second-order valence-electron chi connectivity index (χ2n) is 4.71. The second-order valence-corrected chi connectivity index (χ2v) is 4.71. The number of nitrogens with zero attached hydrogens (tertiary/aromatic N) is 1. The molecular weight excluding hydrogens is 252 g/mol. The molecule has 3 rings (SSSR count). The Hall–Kier alpha value is -2.40. The quantitative estimate of drug-likeness (QED) is 0.615. The summed E-state index contributed by atoms with van der Waals surface area (Å²) in [5.74, 6) is 0. The van der Waals surface area contributed by atoms with Crippen LogP contribution in [-0.4, -0.2) is 21.5 Å². The molecule has 0 atom stereocenters. The van der Waals surface area contributed by atoms with Crippen molar-refractivity contribution in [1.29, 1.82) is 0 Å². The number of aromatic amines is 2. The van der Waals surface area contributed by atoms with Crippen molar-refractivity contribution in [2.75, 3.05) is 6.54 Å². The maximum atomic E-state index is 11.9. The molecule has 0 amide bonds. The third-order valence-corrected chi connectivity index (χ3v) is 3.27. The molecule has 0 aliphatic carbocycles. The number of H-pyrrole nitrogens is 2. The van der Waals surface area contributed by atoms with Crippen LogP contribution in [-0.2, 0) is 13.0 Å². The highest BCUT2D eigenvalue weighted by Gasteiger charge is 2.02. The van der Waals surface area contributed by atoms with E-state index in [1.165, 1.54) is 0 Å². The van der Waals surface area contributed by atoms with E-state index >= 15 is 0 Å². The zero-order chi connectivity index (χ0) is 13.8. The topological polar surface area (TPSA) is 73.6 Å². The average molecular weight is 268 g/mol. The minimum atomic E-state index is -0.0299. The van der Waals surface area contributed by atoms with E-state index in [1.807, 2.05) is 36.5 Å². The van der Waals surface area contributed by atoms with Gasteiger partial charge in [0.05, 0.1) is 6.33 Å². The van der Waals surface area contributed by atoms with Crippen molar-refractivity contribution in [3.05, 3.63) is 64.5 Å². The normalized spacial score (nSPS) is 11.0. The Morgan fingerprint density at radius 1 is 1.25 bits per heavy atom. The van der Waals surface area contributed by atoms with Crippen LogP contribution in [0.4, 0.5) is 0 Å². The van der Waals surface area contributed by atoms with Gasteiger partial charge in [-0.25, -0.2) is 4.98 Å². The molecular formula is C15H16N4O. The molecule has 2 heterocycles. The van der Waals surface area contributed by atoms with E-state index in [1.54, 1.807) is 6.33 Å². The molecule has 0 saturated heterocycles. The lowest BCUT2D eigenvalue weighted by Crippen LogP contribution is -2.22. The van der Waals surface area contributed by atoms with E-state index in [9.17, 15) is 4.79 Å². The number of aromatic nitrogens is 3. The van der Waals surface area contributed by atoms with Crippen LogP contribution in [0.15, 0.2) is 47.7 Å². The number of pyridine rings is 1. The molecule has 102 valence electrons. The standard InChI is InChI=1S/C15H16N4O/c20-15-12(7-11-3-1-2-4-14(11)19-15)8-16-6-5-13-9-17-10-18-13/h1-4,7,9-10,16H,5-6,8H2,(H,17,18)(H,19,20). The number of nitrogens with one attached hydrogen (secondary N) is 3. The summed E-state index contributed by atoms with van der Waals surface area (Å²) >= 11 is 0. The van der Waals surface area contributed by atoms with E-state index in [0.29, 0.717) is 6.54 Å².